The van der Waals surface area contributed by atoms with Crippen molar-refractivity contribution in [3.8, 4) is 5.75 Å². The number of rotatable bonds is 4. The van der Waals surface area contributed by atoms with E-state index in [1.165, 1.54) is 16.8 Å². The van der Waals surface area contributed by atoms with Gasteiger partial charge in [0, 0.05) is 16.0 Å². The maximum Gasteiger partial charge on any atom is 0.143 e. The molecule has 0 aromatic heterocycles. The van der Waals surface area contributed by atoms with E-state index in [1.807, 2.05) is 12.1 Å². The van der Waals surface area contributed by atoms with Crippen LogP contribution in [-0.4, -0.2) is 12.1 Å². The molecule has 3 aromatic rings. The number of ether oxygens (including phenoxy) is 1. The predicted octanol–water partition coefficient (Wildman–Crippen LogP) is 6.62. The summed E-state index contributed by atoms with van der Waals surface area (Å²) in [5.41, 5.74) is 4.90. The normalized spacial score (nSPS) is 16.6. The number of anilines is 1. The van der Waals surface area contributed by atoms with Gasteiger partial charge in [0.15, 0.2) is 0 Å². The van der Waals surface area contributed by atoms with Crippen molar-refractivity contribution in [1.29, 1.82) is 0 Å². The molecule has 1 aliphatic heterocycles. The Bertz CT molecular complexity index is 1020. The zero-order valence-electron chi connectivity index (χ0n) is 15.5. The number of hydrogen-bond donors (Lipinski definition) is 0. The fourth-order valence-corrected chi connectivity index (χ4v) is 4.54. The number of halogens is 2. The predicted molar refractivity (Wildman–Crippen MR) is 118 cm³/mol. The van der Waals surface area contributed by atoms with Gasteiger partial charge in [-0.25, -0.2) is 0 Å². The van der Waals surface area contributed by atoms with E-state index in [-0.39, 0.29) is 5.60 Å². The van der Waals surface area contributed by atoms with Crippen LogP contribution in [0.2, 0.25) is 5.02 Å². The zero-order chi connectivity index (χ0) is 19.1. The number of benzene rings is 3. The maximum atomic E-state index is 6.42. The lowest BCUT2D eigenvalue weighted by molar-refractivity contribution is 0.171. The Morgan fingerprint density at radius 1 is 0.964 bits per heavy atom. The topological polar surface area (TPSA) is 12.5 Å². The smallest absolute Gasteiger partial charge is 0.143 e. The third kappa shape index (κ3) is 3.66. The van der Waals surface area contributed by atoms with Crippen LogP contribution >= 0.6 is 27.5 Å². The van der Waals surface area contributed by atoms with Crippen molar-refractivity contribution in [1.82, 2.24) is 0 Å². The Morgan fingerprint density at radius 3 is 2.57 bits per heavy atom. The lowest BCUT2D eigenvalue weighted by Crippen LogP contribution is -2.41. The Morgan fingerprint density at radius 2 is 1.79 bits per heavy atom. The van der Waals surface area contributed by atoms with Crippen LogP contribution in [0.4, 0.5) is 5.69 Å². The van der Waals surface area contributed by atoms with E-state index in [0.29, 0.717) is 0 Å². The third-order valence-electron chi connectivity index (χ3n) is 5.60. The van der Waals surface area contributed by atoms with Crippen LogP contribution in [0.15, 0.2) is 71.2 Å². The summed E-state index contributed by atoms with van der Waals surface area (Å²) >= 11 is 9.96. The molecule has 0 radical (unpaired) electrons. The van der Waals surface area contributed by atoms with Gasteiger partial charge in [0.25, 0.3) is 0 Å². The van der Waals surface area contributed by atoms with Gasteiger partial charge in [-0.15, -0.1) is 0 Å². The molecule has 0 bridgehead atoms. The fraction of sp³-hybridized carbons (Fsp3) is 0.250. The SMILES string of the molecule is Clc1ccc(Br)cc1Cc1ccc2c(c1)N(Cc1ccccc1)CC1(CC1)O2. The second kappa shape index (κ2) is 7.13. The second-order valence-electron chi connectivity index (χ2n) is 7.84. The van der Waals surface area contributed by atoms with Gasteiger partial charge in [0.1, 0.15) is 11.4 Å². The fourth-order valence-electron chi connectivity index (χ4n) is 3.95. The van der Waals surface area contributed by atoms with Crippen molar-refractivity contribution in [2.75, 3.05) is 11.4 Å². The van der Waals surface area contributed by atoms with Crippen LogP contribution in [0.3, 0.4) is 0 Å². The molecule has 0 unspecified atom stereocenters. The molecule has 3 aromatic carbocycles. The Labute approximate surface area is 179 Å². The molecule has 0 atom stereocenters. The van der Waals surface area contributed by atoms with E-state index in [9.17, 15) is 0 Å². The molecule has 0 amide bonds. The first kappa shape index (κ1) is 18.1. The zero-order valence-corrected chi connectivity index (χ0v) is 17.8. The Balaban J connectivity index is 1.47. The van der Waals surface area contributed by atoms with Crippen LogP contribution in [0, 0.1) is 0 Å². The van der Waals surface area contributed by atoms with Crippen LogP contribution in [0.5, 0.6) is 5.75 Å². The van der Waals surface area contributed by atoms with E-state index in [2.05, 4.69) is 75.4 Å². The van der Waals surface area contributed by atoms with Crippen molar-refractivity contribution in [2.45, 2.75) is 31.4 Å². The molecule has 1 aliphatic carbocycles. The highest BCUT2D eigenvalue weighted by Crippen LogP contribution is 2.49. The summed E-state index contributed by atoms with van der Waals surface area (Å²) < 4.78 is 7.42. The maximum absolute atomic E-state index is 6.42. The molecule has 2 aliphatic rings. The summed E-state index contributed by atoms with van der Waals surface area (Å²) in [6.07, 6.45) is 3.09. The first-order valence-electron chi connectivity index (χ1n) is 9.65. The van der Waals surface area contributed by atoms with E-state index in [1.54, 1.807) is 0 Å². The highest BCUT2D eigenvalue weighted by molar-refractivity contribution is 9.10. The molecule has 1 fully saturated rings. The van der Waals surface area contributed by atoms with Gasteiger partial charge in [-0.1, -0.05) is 63.9 Å². The van der Waals surface area contributed by atoms with Crippen molar-refractivity contribution in [3.63, 3.8) is 0 Å². The molecule has 142 valence electrons. The largest absolute Gasteiger partial charge is 0.483 e. The summed E-state index contributed by atoms with van der Waals surface area (Å²) in [4.78, 5) is 2.48. The highest BCUT2D eigenvalue weighted by atomic mass is 79.9. The van der Waals surface area contributed by atoms with E-state index < -0.39 is 0 Å². The van der Waals surface area contributed by atoms with Gasteiger partial charge >= 0.3 is 0 Å². The molecule has 0 N–H and O–H groups in total. The average molecular weight is 455 g/mol. The van der Waals surface area contributed by atoms with Gasteiger partial charge in [0.2, 0.25) is 0 Å². The second-order valence-corrected chi connectivity index (χ2v) is 9.16. The van der Waals surface area contributed by atoms with Gasteiger partial charge in [-0.05, 0) is 66.3 Å². The van der Waals surface area contributed by atoms with Gasteiger partial charge < -0.3 is 9.64 Å². The highest BCUT2D eigenvalue weighted by Gasteiger charge is 2.50. The number of hydrogen-bond acceptors (Lipinski definition) is 2. The summed E-state index contributed by atoms with van der Waals surface area (Å²) in [5, 5.41) is 0.801. The van der Waals surface area contributed by atoms with Crippen LogP contribution < -0.4 is 9.64 Å². The molecule has 1 saturated carbocycles. The van der Waals surface area contributed by atoms with Crippen molar-refractivity contribution < 1.29 is 4.74 Å². The molecular weight excluding hydrogens is 434 g/mol. The van der Waals surface area contributed by atoms with Crippen molar-refractivity contribution >= 4 is 33.2 Å². The Hall–Kier alpha value is -1.97. The first-order valence-corrected chi connectivity index (χ1v) is 10.8. The summed E-state index contributed by atoms with van der Waals surface area (Å²) in [7, 11) is 0. The molecular formula is C24H21BrClNO. The third-order valence-corrected chi connectivity index (χ3v) is 6.46. The van der Waals surface area contributed by atoms with Gasteiger partial charge in [-0.3, -0.25) is 0 Å². The lowest BCUT2D eigenvalue weighted by atomic mass is 10.0. The molecule has 1 spiro atoms. The van der Waals surface area contributed by atoms with Crippen molar-refractivity contribution in [3.05, 3.63) is 92.9 Å². The van der Waals surface area contributed by atoms with Gasteiger partial charge in [-0.2, -0.15) is 0 Å². The van der Waals surface area contributed by atoms with Gasteiger partial charge in [0.05, 0.1) is 12.2 Å². The Kier molecular flexibility index (Phi) is 4.60. The molecule has 5 rings (SSSR count). The summed E-state index contributed by atoms with van der Waals surface area (Å²) in [5.74, 6) is 1.00. The quantitative estimate of drug-likeness (QED) is 0.439. The molecule has 28 heavy (non-hydrogen) atoms. The summed E-state index contributed by atoms with van der Waals surface area (Å²) in [6.45, 7) is 1.86. The summed E-state index contributed by atoms with van der Waals surface area (Å²) in [6, 6.07) is 23.3. The standard InChI is InChI=1S/C24H21BrClNO/c25-20-7-8-21(26)19(14-20)12-18-6-9-23-22(13-18)27(16-24(28-23)10-11-24)15-17-4-2-1-3-5-17/h1-9,13-14H,10-12,15-16H2. The minimum Gasteiger partial charge on any atom is -0.483 e. The van der Waals surface area contributed by atoms with Crippen LogP contribution in [-0.2, 0) is 13.0 Å². The van der Waals surface area contributed by atoms with E-state index in [0.717, 1.165) is 53.2 Å². The monoisotopic (exact) mass is 453 g/mol. The van der Waals surface area contributed by atoms with E-state index >= 15 is 0 Å². The number of fused-ring (bicyclic) bond motifs is 1. The van der Waals surface area contributed by atoms with E-state index in [4.69, 9.17) is 16.3 Å². The molecule has 4 heteroatoms. The molecule has 1 heterocycles. The molecule has 2 nitrogen and oxygen atoms in total. The van der Waals surface area contributed by atoms with Crippen molar-refractivity contribution in [2.24, 2.45) is 0 Å². The minimum atomic E-state index is 0.0247. The lowest BCUT2D eigenvalue weighted by Gasteiger charge is -2.37. The average Bonchev–Trinajstić information content (AvgIpc) is 3.44. The van der Waals surface area contributed by atoms with Crippen LogP contribution in [0.1, 0.15) is 29.5 Å². The minimum absolute atomic E-state index is 0.0247. The van der Waals surface area contributed by atoms with Crippen LogP contribution in [0.25, 0.3) is 0 Å². The first-order chi connectivity index (χ1) is 13.6. The number of nitrogens with zero attached hydrogens (tertiary/aromatic N) is 1. The molecule has 0 saturated heterocycles.